The molecule has 0 saturated carbocycles. The van der Waals surface area contributed by atoms with Crippen molar-refractivity contribution >= 4 is 22.3 Å². The van der Waals surface area contributed by atoms with E-state index in [0.717, 1.165) is 11.5 Å². The molecule has 0 aliphatic rings. The Morgan fingerprint density at radius 1 is 0.913 bits per heavy atom. The molecule has 118 valence electrons. The molecule has 6 heteroatoms. The van der Waals surface area contributed by atoms with Crippen molar-refractivity contribution in [2.24, 2.45) is 0 Å². The average molecular weight is 316 g/mol. The molecular formula is C17H14F2N2O2. The lowest BCUT2D eigenvalue weighted by Crippen LogP contribution is -1.97. The van der Waals surface area contributed by atoms with Gasteiger partial charge in [0.15, 0.2) is 11.5 Å². The highest BCUT2D eigenvalue weighted by Crippen LogP contribution is 2.35. The fourth-order valence-corrected chi connectivity index (χ4v) is 2.32. The number of methoxy groups -OCH3 is 2. The molecule has 0 spiro atoms. The Kier molecular flexibility index (Phi) is 3.97. The third-order valence-electron chi connectivity index (χ3n) is 3.45. The molecule has 0 radical (unpaired) electrons. The number of nitrogens with one attached hydrogen (secondary N) is 1. The summed E-state index contributed by atoms with van der Waals surface area (Å²) in [6.45, 7) is 0. The van der Waals surface area contributed by atoms with Crippen LogP contribution in [0.15, 0.2) is 42.6 Å². The van der Waals surface area contributed by atoms with Crippen molar-refractivity contribution < 1.29 is 18.3 Å². The van der Waals surface area contributed by atoms with Crippen molar-refractivity contribution in [2.45, 2.75) is 0 Å². The van der Waals surface area contributed by atoms with E-state index < -0.39 is 11.6 Å². The van der Waals surface area contributed by atoms with Crippen LogP contribution in [0.1, 0.15) is 0 Å². The minimum absolute atomic E-state index is 0.175. The number of hydrogen-bond acceptors (Lipinski definition) is 4. The Bertz CT molecular complexity index is 869. The molecule has 0 saturated heterocycles. The van der Waals surface area contributed by atoms with E-state index in [1.807, 2.05) is 0 Å². The zero-order valence-electron chi connectivity index (χ0n) is 12.6. The first-order valence-corrected chi connectivity index (χ1v) is 6.85. The largest absolute Gasteiger partial charge is 0.493 e. The van der Waals surface area contributed by atoms with Gasteiger partial charge in [-0.25, -0.2) is 8.78 Å². The van der Waals surface area contributed by atoms with Crippen molar-refractivity contribution in [3.63, 3.8) is 0 Å². The first-order valence-electron chi connectivity index (χ1n) is 6.85. The third kappa shape index (κ3) is 2.88. The summed E-state index contributed by atoms with van der Waals surface area (Å²) < 4.78 is 37.4. The van der Waals surface area contributed by atoms with Gasteiger partial charge in [-0.15, -0.1) is 0 Å². The van der Waals surface area contributed by atoms with Crippen LogP contribution in [0.4, 0.5) is 20.2 Å². The van der Waals surface area contributed by atoms with E-state index in [9.17, 15) is 8.78 Å². The van der Waals surface area contributed by atoms with Crippen molar-refractivity contribution in [3.05, 3.63) is 54.2 Å². The van der Waals surface area contributed by atoms with Crippen LogP contribution in [-0.2, 0) is 0 Å². The van der Waals surface area contributed by atoms with Gasteiger partial charge in [0.05, 0.1) is 25.4 Å². The Hall–Kier alpha value is -2.89. The summed E-state index contributed by atoms with van der Waals surface area (Å²) in [7, 11) is 3.08. The summed E-state index contributed by atoms with van der Waals surface area (Å²) in [5.41, 5.74) is 1.46. The van der Waals surface area contributed by atoms with E-state index >= 15 is 0 Å². The lowest BCUT2D eigenvalue weighted by atomic mass is 10.1. The Morgan fingerprint density at radius 2 is 1.65 bits per heavy atom. The van der Waals surface area contributed by atoms with Crippen molar-refractivity contribution in [1.29, 1.82) is 0 Å². The maximum absolute atomic E-state index is 13.8. The third-order valence-corrected chi connectivity index (χ3v) is 3.45. The number of benzene rings is 2. The monoisotopic (exact) mass is 316 g/mol. The second-order valence-electron chi connectivity index (χ2n) is 4.83. The molecule has 2 aromatic carbocycles. The molecule has 1 N–H and O–H groups in total. The van der Waals surface area contributed by atoms with Crippen molar-refractivity contribution in [1.82, 2.24) is 4.98 Å². The number of ether oxygens (including phenoxy) is 2. The molecule has 0 aliphatic carbocycles. The van der Waals surface area contributed by atoms with Gasteiger partial charge in [0.25, 0.3) is 0 Å². The van der Waals surface area contributed by atoms with Crippen LogP contribution in [-0.4, -0.2) is 19.2 Å². The van der Waals surface area contributed by atoms with Crippen molar-refractivity contribution in [3.8, 4) is 11.5 Å². The maximum atomic E-state index is 13.8. The minimum Gasteiger partial charge on any atom is -0.493 e. The number of fused-ring (bicyclic) bond motifs is 1. The number of nitrogens with zero attached hydrogens (tertiary/aromatic N) is 1. The topological polar surface area (TPSA) is 43.4 Å². The molecule has 3 rings (SSSR count). The van der Waals surface area contributed by atoms with Gasteiger partial charge in [-0.1, -0.05) is 0 Å². The Morgan fingerprint density at radius 3 is 2.35 bits per heavy atom. The van der Waals surface area contributed by atoms with Gasteiger partial charge in [-0.05, 0) is 24.3 Å². The highest BCUT2D eigenvalue weighted by Gasteiger charge is 2.11. The lowest BCUT2D eigenvalue weighted by molar-refractivity contribution is 0.356. The molecule has 4 nitrogen and oxygen atoms in total. The van der Waals surface area contributed by atoms with Gasteiger partial charge in [-0.3, -0.25) is 4.98 Å². The van der Waals surface area contributed by atoms with Gasteiger partial charge >= 0.3 is 0 Å². The zero-order valence-corrected chi connectivity index (χ0v) is 12.6. The van der Waals surface area contributed by atoms with Gasteiger partial charge in [0.1, 0.15) is 11.6 Å². The van der Waals surface area contributed by atoms with Gasteiger partial charge in [0.2, 0.25) is 0 Å². The maximum Gasteiger partial charge on any atom is 0.162 e. The van der Waals surface area contributed by atoms with Crippen LogP contribution in [0, 0.1) is 11.6 Å². The van der Waals surface area contributed by atoms with Crippen LogP contribution in [0.2, 0.25) is 0 Å². The first kappa shape index (κ1) is 15.0. The summed E-state index contributed by atoms with van der Waals surface area (Å²) in [6.07, 6.45) is 1.60. The van der Waals surface area contributed by atoms with Gasteiger partial charge in [-0.2, -0.15) is 0 Å². The lowest BCUT2D eigenvalue weighted by Gasteiger charge is -2.13. The summed E-state index contributed by atoms with van der Waals surface area (Å²) >= 11 is 0. The fraction of sp³-hybridized carbons (Fsp3) is 0.118. The predicted octanol–water partition coefficient (Wildman–Crippen LogP) is 4.27. The molecule has 0 fully saturated rings. The molecule has 1 aromatic heterocycles. The molecule has 0 atom stereocenters. The van der Waals surface area contributed by atoms with E-state index in [1.165, 1.54) is 19.2 Å². The molecule has 23 heavy (non-hydrogen) atoms. The Labute approximate surface area is 131 Å². The SMILES string of the molecule is COc1cc2nccc(Nc3ccc(F)cc3F)c2cc1OC. The van der Waals surface area contributed by atoms with E-state index in [1.54, 1.807) is 31.5 Å². The molecule has 0 aliphatic heterocycles. The zero-order chi connectivity index (χ0) is 16.4. The minimum atomic E-state index is -0.671. The summed E-state index contributed by atoms with van der Waals surface area (Å²) in [6, 6.07) is 8.56. The fourth-order valence-electron chi connectivity index (χ4n) is 2.32. The second-order valence-corrected chi connectivity index (χ2v) is 4.83. The molecular weight excluding hydrogens is 302 g/mol. The van der Waals surface area contributed by atoms with Crippen molar-refractivity contribution in [2.75, 3.05) is 19.5 Å². The van der Waals surface area contributed by atoms with E-state index in [-0.39, 0.29) is 5.69 Å². The summed E-state index contributed by atoms with van der Waals surface area (Å²) in [4.78, 5) is 4.27. The number of rotatable bonds is 4. The standard InChI is InChI=1S/C17H14F2N2O2/c1-22-16-8-11-13(5-6-20-15(11)9-17(16)23-2)21-14-4-3-10(18)7-12(14)19/h3-9H,1-2H3,(H,20,21). The molecule has 1 heterocycles. The van der Waals surface area contributed by atoms with Crippen LogP contribution in [0.5, 0.6) is 11.5 Å². The number of aromatic nitrogens is 1. The smallest absolute Gasteiger partial charge is 0.162 e. The number of anilines is 2. The number of halogens is 2. The molecule has 3 aromatic rings. The highest BCUT2D eigenvalue weighted by atomic mass is 19.1. The highest BCUT2D eigenvalue weighted by molar-refractivity contribution is 5.95. The van der Waals surface area contributed by atoms with E-state index in [4.69, 9.17) is 9.47 Å². The molecule has 0 unspecified atom stereocenters. The van der Waals surface area contributed by atoms with Gasteiger partial charge < -0.3 is 14.8 Å². The quantitative estimate of drug-likeness (QED) is 0.780. The predicted molar refractivity (Wildman–Crippen MR) is 84.5 cm³/mol. The van der Waals surface area contributed by atoms with Crippen LogP contribution in [0.25, 0.3) is 10.9 Å². The molecule has 0 bridgehead atoms. The van der Waals surface area contributed by atoms with Crippen LogP contribution < -0.4 is 14.8 Å². The van der Waals surface area contributed by atoms with E-state index in [2.05, 4.69) is 10.3 Å². The molecule has 0 amide bonds. The summed E-state index contributed by atoms with van der Waals surface area (Å²) in [5.74, 6) is -0.206. The van der Waals surface area contributed by atoms with Crippen LogP contribution in [0.3, 0.4) is 0 Å². The van der Waals surface area contributed by atoms with Gasteiger partial charge in [0, 0.05) is 29.4 Å². The first-order chi connectivity index (χ1) is 11.1. The number of hydrogen-bond donors (Lipinski definition) is 1. The summed E-state index contributed by atoms with van der Waals surface area (Å²) in [5, 5.41) is 3.68. The Balaban J connectivity index is 2.10. The number of pyridine rings is 1. The van der Waals surface area contributed by atoms with Crippen LogP contribution >= 0.6 is 0 Å². The average Bonchev–Trinajstić information content (AvgIpc) is 2.56. The second kappa shape index (κ2) is 6.08. The van der Waals surface area contributed by atoms with E-state index in [0.29, 0.717) is 22.7 Å². The normalized spacial score (nSPS) is 10.6.